The van der Waals surface area contributed by atoms with E-state index in [9.17, 15) is 4.39 Å². The van der Waals surface area contributed by atoms with Crippen LogP contribution in [0.25, 0.3) is 32.8 Å². The number of halogens is 1. The lowest BCUT2D eigenvalue weighted by Crippen LogP contribution is -2.35. The van der Waals surface area contributed by atoms with E-state index in [0.717, 1.165) is 32.9 Å². The molecular weight excluding hydrogens is 369 g/mol. The summed E-state index contributed by atoms with van der Waals surface area (Å²) in [4.78, 5) is 0. The number of hydrogen-bond donors (Lipinski definition) is 0. The first kappa shape index (κ1) is 18.1. The van der Waals surface area contributed by atoms with Crippen molar-refractivity contribution in [1.82, 2.24) is 0 Å². The molecule has 152 valence electrons. The van der Waals surface area contributed by atoms with Crippen LogP contribution in [0.2, 0.25) is 0 Å². The standard InChI is InChI=1S/C28H29FN/c1-17-13-22(20-7-5-6-8-20)15-25(19(17)3)28-24-12-10-21-9-11-23(29)16-26(21)27(24)14-18(2)30(28)4/h9-16,20H,5-8H2,1-4H3/q+1/i14D. The topological polar surface area (TPSA) is 3.88 Å². The maximum atomic E-state index is 14.2. The molecule has 1 aliphatic rings. The summed E-state index contributed by atoms with van der Waals surface area (Å²) >= 11 is 0. The molecule has 0 N–H and O–H groups in total. The van der Waals surface area contributed by atoms with Crippen molar-refractivity contribution in [2.24, 2.45) is 7.05 Å². The number of hydrogen-bond acceptors (Lipinski definition) is 0. The van der Waals surface area contributed by atoms with Crippen LogP contribution in [0, 0.1) is 26.6 Å². The summed E-state index contributed by atoms with van der Waals surface area (Å²) in [5, 5.41) is 3.64. The molecule has 0 saturated heterocycles. The monoisotopic (exact) mass is 399 g/mol. The Bertz CT molecular complexity index is 1350. The molecule has 1 fully saturated rings. The maximum absolute atomic E-state index is 14.2. The molecule has 0 bridgehead atoms. The van der Waals surface area contributed by atoms with Crippen molar-refractivity contribution in [3.8, 4) is 11.3 Å². The van der Waals surface area contributed by atoms with Crippen molar-refractivity contribution < 1.29 is 10.3 Å². The van der Waals surface area contributed by atoms with E-state index in [1.165, 1.54) is 54.0 Å². The zero-order chi connectivity index (χ0) is 21.9. The fourth-order valence-electron chi connectivity index (χ4n) is 5.19. The number of rotatable bonds is 2. The van der Waals surface area contributed by atoms with Crippen LogP contribution in [0.5, 0.6) is 0 Å². The molecule has 0 aliphatic heterocycles. The maximum Gasteiger partial charge on any atom is 0.220 e. The van der Waals surface area contributed by atoms with E-state index in [0.29, 0.717) is 12.0 Å². The minimum absolute atomic E-state index is 0.262. The van der Waals surface area contributed by atoms with Gasteiger partial charge < -0.3 is 0 Å². The minimum Gasteiger partial charge on any atom is -0.207 e. The second-order valence-corrected chi connectivity index (χ2v) is 8.96. The van der Waals surface area contributed by atoms with Crippen LogP contribution in [0.1, 0.15) is 55.4 Å². The second kappa shape index (κ2) is 7.19. The largest absolute Gasteiger partial charge is 0.220 e. The highest BCUT2D eigenvalue weighted by atomic mass is 19.1. The van der Waals surface area contributed by atoms with Gasteiger partial charge in [0.25, 0.3) is 0 Å². The van der Waals surface area contributed by atoms with Gasteiger partial charge in [0.1, 0.15) is 12.9 Å². The Morgan fingerprint density at radius 2 is 1.67 bits per heavy atom. The Morgan fingerprint density at radius 1 is 0.933 bits per heavy atom. The van der Waals surface area contributed by atoms with Crippen LogP contribution >= 0.6 is 0 Å². The first-order valence-electron chi connectivity index (χ1n) is 11.5. The Morgan fingerprint density at radius 3 is 2.43 bits per heavy atom. The van der Waals surface area contributed by atoms with E-state index in [-0.39, 0.29) is 5.82 Å². The molecule has 0 unspecified atom stereocenters. The number of aryl methyl sites for hydroxylation is 1. The van der Waals surface area contributed by atoms with Gasteiger partial charge in [0.05, 0.1) is 12.3 Å². The summed E-state index contributed by atoms with van der Waals surface area (Å²) in [6, 6.07) is 14.3. The first-order valence-corrected chi connectivity index (χ1v) is 11.0. The zero-order valence-electron chi connectivity index (χ0n) is 19.3. The van der Waals surface area contributed by atoms with Gasteiger partial charge in [0.15, 0.2) is 5.69 Å². The Hall–Kier alpha value is -2.74. The van der Waals surface area contributed by atoms with E-state index >= 15 is 0 Å². The Labute approximate surface area is 179 Å². The first-order chi connectivity index (χ1) is 14.9. The van der Waals surface area contributed by atoms with Crippen LogP contribution in [-0.2, 0) is 7.05 Å². The highest BCUT2D eigenvalue weighted by Gasteiger charge is 2.24. The van der Waals surface area contributed by atoms with Gasteiger partial charge in [-0.1, -0.05) is 31.0 Å². The van der Waals surface area contributed by atoms with Crippen LogP contribution in [0.4, 0.5) is 4.39 Å². The SMILES string of the molecule is [2H]c1c(C)[n+](C)c(-c2cc(C3CCCC3)cc(C)c2C)c2ccc3ccc(F)cc3c12. The molecule has 1 aliphatic carbocycles. The predicted octanol–water partition coefficient (Wildman–Crippen LogP) is 7.21. The summed E-state index contributed by atoms with van der Waals surface area (Å²) in [7, 11) is 2.05. The van der Waals surface area contributed by atoms with E-state index in [1.807, 2.05) is 13.0 Å². The number of benzene rings is 3. The van der Waals surface area contributed by atoms with Crippen molar-refractivity contribution in [2.75, 3.05) is 0 Å². The third kappa shape index (κ3) is 3.01. The fourth-order valence-corrected chi connectivity index (χ4v) is 5.19. The summed E-state index contributed by atoms with van der Waals surface area (Å²) in [6.45, 7) is 6.39. The summed E-state index contributed by atoms with van der Waals surface area (Å²) in [5.74, 6) is 0.378. The minimum atomic E-state index is -0.262. The molecule has 2 heteroatoms. The number of pyridine rings is 1. The molecule has 3 aromatic carbocycles. The zero-order valence-corrected chi connectivity index (χ0v) is 18.3. The Balaban J connectivity index is 1.89. The number of fused-ring (bicyclic) bond motifs is 3. The van der Waals surface area contributed by atoms with Crippen molar-refractivity contribution in [3.63, 3.8) is 0 Å². The lowest BCUT2D eigenvalue weighted by molar-refractivity contribution is -0.665. The van der Waals surface area contributed by atoms with Crippen molar-refractivity contribution in [1.29, 1.82) is 0 Å². The molecule has 1 heterocycles. The lowest BCUT2D eigenvalue weighted by Gasteiger charge is -2.17. The average Bonchev–Trinajstić information content (AvgIpc) is 3.29. The summed E-state index contributed by atoms with van der Waals surface area (Å²) in [6.07, 6.45) is 5.16. The normalized spacial score (nSPS) is 15.3. The number of aromatic nitrogens is 1. The van der Waals surface area contributed by atoms with Gasteiger partial charge in [-0.15, -0.1) is 0 Å². The van der Waals surface area contributed by atoms with E-state index in [4.69, 9.17) is 1.37 Å². The van der Waals surface area contributed by atoms with Gasteiger partial charge in [-0.25, -0.2) is 4.39 Å². The smallest absolute Gasteiger partial charge is 0.207 e. The molecule has 5 rings (SSSR count). The molecule has 1 saturated carbocycles. The summed E-state index contributed by atoms with van der Waals surface area (Å²) in [5.41, 5.74) is 7.26. The van der Waals surface area contributed by atoms with E-state index in [1.54, 1.807) is 6.07 Å². The second-order valence-electron chi connectivity index (χ2n) is 8.96. The Kier molecular flexibility index (Phi) is 4.33. The van der Waals surface area contributed by atoms with Crippen LogP contribution < -0.4 is 4.57 Å². The van der Waals surface area contributed by atoms with Crippen LogP contribution in [0.15, 0.2) is 48.5 Å². The third-order valence-electron chi connectivity index (χ3n) is 7.15. The number of nitrogens with zero attached hydrogens (tertiary/aromatic N) is 1. The van der Waals surface area contributed by atoms with Gasteiger partial charge in [0, 0.05) is 18.4 Å². The van der Waals surface area contributed by atoms with E-state index in [2.05, 4.69) is 49.7 Å². The fraction of sp³-hybridized carbons (Fsp3) is 0.321. The average molecular weight is 400 g/mol. The van der Waals surface area contributed by atoms with Crippen LogP contribution in [-0.4, -0.2) is 0 Å². The van der Waals surface area contributed by atoms with Gasteiger partial charge in [-0.3, -0.25) is 0 Å². The van der Waals surface area contributed by atoms with Gasteiger partial charge in [-0.2, -0.15) is 4.57 Å². The van der Waals surface area contributed by atoms with Crippen LogP contribution in [0.3, 0.4) is 0 Å². The molecule has 0 radical (unpaired) electrons. The highest BCUT2D eigenvalue weighted by Crippen LogP contribution is 2.39. The van der Waals surface area contributed by atoms with E-state index < -0.39 is 0 Å². The molecule has 0 amide bonds. The van der Waals surface area contributed by atoms with Crippen molar-refractivity contribution >= 4 is 21.5 Å². The third-order valence-corrected chi connectivity index (χ3v) is 7.15. The lowest BCUT2D eigenvalue weighted by atomic mass is 9.88. The molecule has 4 aromatic rings. The quantitative estimate of drug-likeness (QED) is 0.248. The molecular formula is C28H29FN+. The molecule has 1 aromatic heterocycles. The van der Waals surface area contributed by atoms with Gasteiger partial charge in [0.2, 0.25) is 5.69 Å². The molecule has 0 spiro atoms. The predicted molar refractivity (Wildman–Crippen MR) is 123 cm³/mol. The summed E-state index contributed by atoms with van der Waals surface area (Å²) < 4.78 is 25.2. The highest BCUT2D eigenvalue weighted by molar-refractivity contribution is 6.11. The molecule has 0 atom stereocenters. The van der Waals surface area contributed by atoms with Crippen molar-refractivity contribution in [2.45, 2.75) is 52.4 Å². The molecule has 1 nitrogen and oxygen atoms in total. The van der Waals surface area contributed by atoms with Crippen molar-refractivity contribution in [3.05, 3.63) is 76.7 Å². The van der Waals surface area contributed by atoms with Gasteiger partial charge in [-0.05, 0) is 84.3 Å². The van der Waals surface area contributed by atoms with Gasteiger partial charge >= 0.3 is 0 Å². The molecule has 30 heavy (non-hydrogen) atoms.